The zero-order chi connectivity index (χ0) is 23.6. The molecule has 174 valence electrons. The Balaban J connectivity index is 0.000000376. The van der Waals surface area contributed by atoms with Gasteiger partial charge in [-0.15, -0.1) is 0 Å². The minimum atomic E-state index is -4.60. The highest BCUT2D eigenvalue weighted by molar-refractivity contribution is 7.06. The van der Waals surface area contributed by atoms with Crippen molar-refractivity contribution in [1.82, 2.24) is 29.6 Å². The van der Waals surface area contributed by atoms with Crippen LogP contribution in [0.5, 0.6) is 0 Å². The fourth-order valence-electron chi connectivity index (χ4n) is 3.80. The number of halogens is 3. The second-order valence-corrected chi connectivity index (χ2v) is 8.77. The van der Waals surface area contributed by atoms with Crippen molar-refractivity contribution >= 4 is 28.5 Å². The van der Waals surface area contributed by atoms with Crippen molar-refractivity contribution in [3.63, 3.8) is 0 Å². The first kappa shape index (κ1) is 23.1. The molecule has 1 aliphatic rings. The Morgan fingerprint density at radius 3 is 2.39 bits per heavy atom. The minimum absolute atomic E-state index is 0.229. The molecule has 11 heteroatoms. The van der Waals surface area contributed by atoms with Gasteiger partial charge in [0.2, 0.25) is 5.95 Å². The summed E-state index contributed by atoms with van der Waals surface area (Å²) in [5.74, 6) is -0.229. The molecule has 0 amide bonds. The number of nitrogens with two attached hydrogens (primary N) is 1. The van der Waals surface area contributed by atoms with Crippen LogP contribution in [0.2, 0.25) is 0 Å². The van der Waals surface area contributed by atoms with Crippen LogP contribution in [0.3, 0.4) is 0 Å². The van der Waals surface area contributed by atoms with Crippen molar-refractivity contribution in [2.24, 2.45) is 0 Å². The Morgan fingerprint density at radius 1 is 1.06 bits per heavy atom. The summed E-state index contributed by atoms with van der Waals surface area (Å²) in [5.41, 5.74) is 7.52. The summed E-state index contributed by atoms with van der Waals surface area (Å²) >= 11 is 1.38. The number of aryl methyl sites for hydroxylation is 2. The van der Waals surface area contributed by atoms with Crippen LogP contribution in [0.25, 0.3) is 33.5 Å². The molecular weight excluding hydrogens is 451 g/mol. The molecular formula is C22H24F3N7S. The third kappa shape index (κ3) is 4.98. The van der Waals surface area contributed by atoms with E-state index in [4.69, 9.17) is 5.73 Å². The fourth-order valence-corrected chi connectivity index (χ4v) is 4.51. The Hall–Kier alpha value is -3.05. The van der Waals surface area contributed by atoms with Crippen LogP contribution in [0.1, 0.15) is 35.4 Å². The molecule has 1 aliphatic heterocycles. The second-order valence-electron chi connectivity index (χ2n) is 7.79. The summed E-state index contributed by atoms with van der Waals surface area (Å²) in [6, 6.07) is 3.49. The van der Waals surface area contributed by atoms with Gasteiger partial charge in [0.05, 0.1) is 17.1 Å². The number of hydrogen-bond acceptors (Lipinski definition) is 7. The van der Waals surface area contributed by atoms with Crippen LogP contribution < -0.4 is 11.1 Å². The van der Waals surface area contributed by atoms with Crippen molar-refractivity contribution in [3.8, 4) is 22.5 Å². The van der Waals surface area contributed by atoms with E-state index in [9.17, 15) is 13.2 Å². The highest BCUT2D eigenvalue weighted by atomic mass is 32.1. The molecule has 33 heavy (non-hydrogen) atoms. The quantitative estimate of drug-likeness (QED) is 0.372. The maximum atomic E-state index is 13.4. The van der Waals surface area contributed by atoms with Crippen molar-refractivity contribution in [3.05, 3.63) is 40.7 Å². The zero-order valence-electron chi connectivity index (χ0n) is 18.3. The van der Waals surface area contributed by atoms with E-state index in [1.807, 2.05) is 13.8 Å². The van der Waals surface area contributed by atoms with Crippen molar-refractivity contribution in [1.29, 1.82) is 0 Å². The molecule has 5 rings (SSSR count). The second kappa shape index (κ2) is 9.44. The van der Waals surface area contributed by atoms with Gasteiger partial charge in [-0.1, -0.05) is 6.42 Å². The molecule has 0 unspecified atom stereocenters. The van der Waals surface area contributed by atoms with Crippen molar-refractivity contribution in [2.75, 3.05) is 18.8 Å². The molecule has 4 aromatic rings. The maximum absolute atomic E-state index is 13.4. The predicted molar refractivity (Wildman–Crippen MR) is 124 cm³/mol. The van der Waals surface area contributed by atoms with E-state index in [-0.39, 0.29) is 17.2 Å². The third-order valence-corrected chi connectivity index (χ3v) is 6.25. The lowest BCUT2D eigenvalue weighted by molar-refractivity contribution is -0.137. The summed E-state index contributed by atoms with van der Waals surface area (Å²) in [4.78, 5) is 15.8. The number of nitrogens with zero attached hydrogens (tertiary/aromatic N) is 4. The van der Waals surface area contributed by atoms with Gasteiger partial charge in [0.15, 0.2) is 0 Å². The largest absolute Gasteiger partial charge is 0.419 e. The number of rotatable bonds is 2. The topological polar surface area (TPSA) is 105 Å². The standard InChI is InChI=1S/C17H13F3N6S.C5H11N/c1-7-13(8(2)27-26-7)12-4-3-9-10(5-22-15(9)24-12)14-11(17(18,19)20)6-23-16(21)25-14;1-2-4-6-5-3-1/h3-6H,1-2H3,(H,22,24)(H2,21,23,25);6H,1-5H2. The number of hydrogen-bond donors (Lipinski definition) is 3. The van der Waals surface area contributed by atoms with E-state index >= 15 is 0 Å². The lowest BCUT2D eigenvalue weighted by Gasteiger charge is -2.11. The molecule has 4 N–H and O–H groups in total. The SMILES string of the molecule is C1CCNCC1.Cc1nsc(C)c1-c1ccc2c(-c3nc(N)ncc3C(F)(F)F)c[nH]c2n1. The first-order chi connectivity index (χ1) is 15.8. The van der Waals surface area contributed by atoms with Crippen molar-refractivity contribution in [2.45, 2.75) is 39.3 Å². The average molecular weight is 476 g/mol. The molecule has 0 aromatic carbocycles. The van der Waals surface area contributed by atoms with Gasteiger partial charge in [-0.2, -0.15) is 17.5 Å². The van der Waals surface area contributed by atoms with Gasteiger partial charge in [-0.3, -0.25) is 0 Å². The van der Waals surface area contributed by atoms with Crippen LogP contribution >= 0.6 is 11.5 Å². The first-order valence-corrected chi connectivity index (χ1v) is 11.3. The fraction of sp³-hybridized carbons (Fsp3) is 0.364. The molecule has 7 nitrogen and oxygen atoms in total. The Bertz CT molecular complexity index is 1230. The van der Waals surface area contributed by atoms with Crippen LogP contribution in [-0.2, 0) is 6.18 Å². The molecule has 0 spiro atoms. The first-order valence-electron chi connectivity index (χ1n) is 10.6. The van der Waals surface area contributed by atoms with E-state index in [2.05, 4.69) is 29.6 Å². The number of piperidine rings is 1. The molecule has 0 atom stereocenters. The monoisotopic (exact) mass is 475 g/mol. The van der Waals surface area contributed by atoms with E-state index in [0.29, 0.717) is 22.9 Å². The molecule has 5 heterocycles. The van der Waals surface area contributed by atoms with Gasteiger partial charge in [0.25, 0.3) is 0 Å². The molecule has 0 radical (unpaired) electrons. The molecule has 0 aliphatic carbocycles. The Labute approximate surface area is 192 Å². The number of nitrogen functional groups attached to an aromatic ring is 1. The maximum Gasteiger partial charge on any atom is 0.419 e. The number of aromatic amines is 1. The molecule has 1 saturated heterocycles. The van der Waals surface area contributed by atoms with Gasteiger partial charge in [-0.05, 0) is 63.4 Å². The van der Waals surface area contributed by atoms with Gasteiger partial charge in [0.1, 0.15) is 11.2 Å². The number of pyridine rings is 1. The summed E-state index contributed by atoms with van der Waals surface area (Å²) in [6.45, 7) is 6.34. The van der Waals surface area contributed by atoms with E-state index in [1.54, 1.807) is 12.1 Å². The van der Waals surface area contributed by atoms with Gasteiger partial charge in [0, 0.05) is 33.8 Å². The molecule has 0 saturated carbocycles. The van der Waals surface area contributed by atoms with Crippen LogP contribution in [0.15, 0.2) is 24.5 Å². The number of alkyl halides is 3. The Kier molecular flexibility index (Phi) is 6.61. The lowest BCUT2D eigenvalue weighted by atomic mass is 10.1. The van der Waals surface area contributed by atoms with E-state index in [0.717, 1.165) is 16.1 Å². The number of fused-ring (bicyclic) bond motifs is 1. The summed E-state index contributed by atoms with van der Waals surface area (Å²) in [6.07, 6.45) is 1.76. The Morgan fingerprint density at radius 2 is 1.82 bits per heavy atom. The van der Waals surface area contributed by atoms with Gasteiger partial charge in [-0.25, -0.2) is 15.0 Å². The number of H-pyrrole nitrogens is 1. The minimum Gasteiger partial charge on any atom is -0.368 e. The van der Waals surface area contributed by atoms with E-state index < -0.39 is 11.7 Å². The normalized spacial score (nSPS) is 14.2. The van der Waals surface area contributed by atoms with Gasteiger partial charge >= 0.3 is 6.18 Å². The molecule has 0 bridgehead atoms. The average Bonchev–Trinajstić information content (AvgIpc) is 3.36. The number of aromatic nitrogens is 5. The van der Waals surface area contributed by atoms with E-state index in [1.165, 1.54) is 50.1 Å². The summed E-state index contributed by atoms with van der Waals surface area (Å²) < 4.78 is 44.4. The highest BCUT2D eigenvalue weighted by Crippen LogP contribution is 2.39. The van der Waals surface area contributed by atoms with Gasteiger partial charge < -0.3 is 16.0 Å². The molecule has 1 fully saturated rings. The van der Waals surface area contributed by atoms with Crippen LogP contribution in [0, 0.1) is 13.8 Å². The number of anilines is 1. The smallest absolute Gasteiger partial charge is 0.368 e. The molecule has 4 aromatic heterocycles. The van der Waals surface area contributed by atoms with Crippen LogP contribution in [0.4, 0.5) is 19.1 Å². The summed E-state index contributed by atoms with van der Waals surface area (Å²) in [7, 11) is 0. The van der Waals surface area contributed by atoms with Crippen molar-refractivity contribution < 1.29 is 13.2 Å². The summed E-state index contributed by atoms with van der Waals surface area (Å²) in [5, 5.41) is 3.80. The third-order valence-electron chi connectivity index (χ3n) is 5.40. The predicted octanol–water partition coefficient (Wildman–Crippen LogP) is 5.12. The number of nitrogens with one attached hydrogen (secondary N) is 2. The zero-order valence-corrected chi connectivity index (χ0v) is 19.1. The van der Waals surface area contributed by atoms with Crippen LogP contribution in [-0.4, -0.2) is 37.4 Å². The highest BCUT2D eigenvalue weighted by Gasteiger charge is 2.36. The lowest BCUT2D eigenvalue weighted by Crippen LogP contribution is -2.21.